The van der Waals surface area contributed by atoms with Gasteiger partial charge in [-0.25, -0.2) is 4.98 Å². The Kier molecular flexibility index (Phi) is 4.53. The van der Waals surface area contributed by atoms with Crippen LogP contribution in [0.4, 0.5) is 5.13 Å². The van der Waals surface area contributed by atoms with Gasteiger partial charge in [-0.3, -0.25) is 0 Å². The zero-order valence-corrected chi connectivity index (χ0v) is 9.58. The monoisotopic (exact) mass is 218 g/mol. The van der Waals surface area contributed by atoms with E-state index in [4.69, 9.17) is 11.6 Å². The van der Waals surface area contributed by atoms with Crippen molar-refractivity contribution in [3.63, 3.8) is 0 Å². The normalized spacial score (nSPS) is 12.8. The van der Waals surface area contributed by atoms with E-state index in [2.05, 4.69) is 29.5 Å². The number of alkyl halides is 1. The Bertz CT molecular complexity index is 250. The summed E-state index contributed by atoms with van der Waals surface area (Å²) in [6.45, 7) is 4.23. The van der Waals surface area contributed by atoms with Crippen LogP contribution in [0.5, 0.6) is 0 Å². The highest BCUT2D eigenvalue weighted by molar-refractivity contribution is 7.13. The Morgan fingerprint density at radius 3 is 3.00 bits per heavy atom. The van der Waals surface area contributed by atoms with Gasteiger partial charge in [0, 0.05) is 17.3 Å². The van der Waals surface area contributed by atoms with Crippen molar-refractivity contribution < 1.29 is 0 Å². The number of halogens is 1. The second kappa shape index (κ2) is 5.45. The molecule has 0 saturated heterocycles. The summed E-state index contributed by atoms with van der Waals surface area (Å²) >= 11 is 7.30. The van der Waals surface area contributed by atoms with Crippen molar-refractivity contribution in [2.75, 3.05) is 11.2 Å². The first kappa shape index (κ1) is 10.8. The fraction of sp³-hybridized carbons (Fsp3) is 0.667. The number of hydrogen-bond donors (Lipinski definition) is 1. The van der Waals surface area contributed by atoms with Crippen molar-refractivity contribution in [2.24, 2.45) is 0 Å². The highest BCUT2D eigenvalue weighted by Crippen LogP contribution is 2.17. The summed E-state index contributed by atoms with van der Waals surface area (Å²) in [5.74, 6) is 0.695. The van der Waals surface area contributed by atoms with E-state index in [1.807, 2.05) is 0 Å². The Morgan fingerprint density at radius 1 is 1.69 bits per heavy atom. The van der Waals surface area contributed by atoms with Gasteiger partial charge in [-0.05, 0) is 19.8 Å². The fourth-order valence-corrected chi connectivity index (χ4v) is 2.22. The maximum atomic E-state index is 5.64. The summed E-state index contributed by atoms with van der Waals surface area (Å²) in [6, 6.07) is 0.411. The first-order valence-corrected chi connectivity index (χ1v) is 5.94. The molecule has 74 valence electrons. The molecule has 1 rings (SSSR count). The number of hydrogen-bond acceptors (Lipinski definition) is 3. The van der Waals surface area contributed by atoms with E-state index in [0.717, 1.165) is 23.7 Å². The molecule has 0 amide bonds. The maximum absolute atomic E-state index is 5.64. The van der Waals surface area contributed by atoms with Gasteiger partial charge in [0.1, 0.15) is 0 Å². The van der Waals surface area contributed by atoms with E-state index < -0.39 is 0 Å². The molecule has 0 aliphatic rings. The van der Waals surface area contributed by atoms with Gasteiger partial charge in [-0.2, -0.15) is 0 Å². The minimum Gasteiger partial charge on any atom is -0.359 e. The van der Waals surface area contributed by atoms with Crippen LogP contribution in [-0.2, 0) is 6.42 Å². The Morgan fingerprint density at radius 2 is 2.46 bits per heavy atom. The fourth-order valence-electron chi connectivity index (χ4n) is 0.982. The zero-order valence-electron chi connectivity index (χ0n) is 8.01. The zero-order chi connectivity index (χ0) is 9.68. The molecule has 1 aromatic heterocycles. The predicted octanol–water partition coefficient (Wildman–Crippen LogP) is 3.13. The summed E-state index contributed by atoms with van der Waals surface area (Å²) in [6.07, 6.45) is 1.98. The van der Waals surface area contributed by atoms with Crippen molar-refractivity contribution >= 4 is 28.1 Å². The molecule has 13 heavy (non-hydrogen) atoms. The molecule has 2 nitrogen and oxygen atoms in total. The smallest absolute Gasteiger partial charge is 0.183 e. The summed E-state index contributed by atoms with van der Waals surface area (Å²) < 4.78 is 0. The average molecular weight is 219 g/mol. The summed E-state index contributed by atoms with van der Waals surface area (Å²) in [4.78, 5) is 4.42. The number of aromatic nitrogens is 1. The number of anilines is 1. The van der Waals surface area contributed by atoms with Gasteiger partial charge in [-0.15, -0.1) is 22.9 Å². The minimum atomic E-state index is 0.411. The molecule has 1 aromatic rings. The maximum Gasteiger partial charge on any atom is 0.183 e. The number of nitrogens with one attached hydrogen (secondary N) is 1. The van der Waals surface area contributed by atoms with Crippen molar-refractivity contribution in [1.82, 2.24) is 4.98 Å². The molecule has 0 spiro atoms. The van der Waals surface area contributed by atoms with Gasteiger partial charge >= 0.3 is 0 Å². The van der Waals surface area contributed by atoms with Crippen molar-refractivity contribution in [3.8, 4) is 0 Å². The molecule has 0 aliphatic heterocycles. The molecule has 0 bridgehead atoms. The summed E-state index contributed by atoms with van der Waals surface area (Å²) in [5.41, 5.74) is 1.16. The van der Waals surface area contributed by atoms with Gasteiger partial charge < -0.3 is 5.32 Å². The molecular formula is C9H15ClN2S. The topological polar surface area (TPSA) is 24.9 Å². The van der Waals surface area contributed by atoms with E-state index in [1.165, 1.54) is 0 Å². The molecule has 1 N–H and O–H groups in total. The van der Waals surface area contributed by atoms with Crippen LogP contribution < -0.4 is 5.32 Å². The van der Waals surface area contributed by atoms with E-state index in [9.17, 15) is 0 Å². The number of nitrogens with zero attached hydrogens (tertiary/aromatic N) is 1. The molecule has 4 heteroatoms. The third kappa shape index (κ3) is 3.53. The molecule has 0 aromatic carbocycles. The first-order valence-electron chi connectivity index (χ1n) is 4.53. The lowest BCUT2D eigenvalue weighted by Gasteiger charge is -2.09. The molecule has 1 heterocycles. The molecule has 0 radical (unpaired) electrons. The van der Waals surface area contributed by atoms with Crippen LogP contribution >= 0.6 is 22.9 Å². The molecular weight excluding hydrogens is 204 g/mol. The van der Waals surface area contributed by atoms with E-state index >= 15 is 0 Å². The third-order valence-corrected chi connectivity index (χ3v) is 2.87. The molecule has 1 unspecified atom stereocenters. The van der Waals surface area contributed by atoms with Crippen LogP contribution in [0.2, 0.25) is 0 Å². The van der Waals surface area contributed by atoms with Gasteiger partial charge in [-0.1, -0.05) is 6.92 Å². The Hall–Kier alpha value is -0.280. The van der Waals surface area contributed by atoms with Gasteiger partial charge in [0.25, 0.3) is 0 Å². The average Bonchev–Trinajstić information content (AvgIpc) is 2.52. The first-order chi connectivity index (χ1) is 6.26. The quantitative estimate of drug-likeness (QED) is 0.769. The number of rotatable bonds is 5. The lowest BCUT2D eigenvalue weighted by Crippen LogP contribution is -2.15. The van der Waals surface area contributed by atoms with Crippen LogP contribution in [0.1, 0.15) is 26.0 Å². The van der Waals surface area contributed by atoms with Gasteiger partial charge in [0.15, 0.2) is 5.13 Å². The van der Waals surface area contributed by atoms with E-state index in [0.29, 0.717) is 11.9 Å². The highest BCUT2D eigenvalue weighted by Gasteiger charge is 2.04. The van der Waals surface area contributed by atoms with Crippen LogP contribution in [0, 0.1) is 0 Å². The number of aryl methyl sites for hydroxylation is 1. The molecule has 0 aliphatic carbocycles. The second-order valence-electron chi connectivity index (χ2n) is 3.02. The minimum absolute atomic E-state index is 0.411. The van der Waals surface area contributed by atoms with Crippen molar-refractivity contribution in [2.45, 2.75) is 32.7 Å². The Balaban J connectivity index is 2.44. The Labute approximate surface area is 88.3 Å². The summed E-state index contributed by atoms with van der Waals surface area (Å²) in [7, 11) is 0. The van der Waals surface area contributed by atoms with Gasteiger partial charge in [0.05, 0.1) is 5.69 Å². The van der Waals surface area contributed by atoms with E-state index in [-0.39, 0.29) is 0 Å². The largest absolute Gasteiger partial charge is 0.359 e. The van der Waals surface area contributed by atoms with Crippen molar-refractivity contribution in [1.29, 1.82) is 0 Å². The van der Waals surface area contributed by atoms with Crippen LogP contribution in [0.25, 0.3) is 0 Å². The number of thiazole rings is 1. The van der Waals surface area contributed by atoms with Crippen molar-refractivity contribution in [3.05, 3.63) is 11.1 Å². The van der Waals surface area contributed by atoms with Gasteiger partial charge in [0.2, 0.25) is 0 Å². The molecule has 1 atom stereocenters. The standard InChI is InChI=1S/C9H15ClN2S/c1-3-8-6-13-9(12-8)11-7(2)4-5-10/h6-7H,3-5H2,1-2H3,(H,11,12). The van der Waals surface area contributed by atoms with Crippen LogP contribution in [-0.4, -0.2) is 16.9 Å². The molecule has 0 saturated carbocycles. The summed E-state index contributed by atoms with van der Waals surface area (Å²) in [5, 5.41) is 6.42. The SMILES string of the molecule is CCc1csc(NC(C)CCCl)n1. The van der Waals surface area contributed by atoms with Crippen LogP contribution in [0.3, 0.4) is 0 Å². The molecule has 0 fully saturated rings. The predicted molar refractivity (Wildman–Crippen MR) is 59.9 cm³/mol. The third-order valence-electron chi connectivity index (χ3n) is 1.83. The van der Waals surface area contributed by atoms with Crippen LogP contribution in [0.15, 0.2) is 5.38 Å². The highest BCUT2D eigenvalue weighted by atomic mass is 35.5. The van der Waals surface area contributed by atoms with E-state index in [1.54, 1.807) is 11.3 Å². The lowest BCUT2D eigenvalue weighted by atomic mass is 10.3. The second-order valence-corrected chi connectivity index (χ2v) is 4.26. The lowest BCUT2D eigenvalue weighted by molar-refractivity contribution is 0.766.